The number of hydrogen-bond acceptors (Lipinski definition) is 5. The minimum atomic E-state index is -1.16. The molecule has 2 aromatic rings. The molecule has 41 heavy (non-hydrogen) atoms. The Morgan fingerprint density at radius 1 is 1.05 bits per heavy atom. The number of nitrogens with one attached hydrogen (secondary N) is 2. The van der Waals surface area contributed by atoms with Crippen LogP contribution in [-0.4, -0.2) is 46.9 Å². The van der Waals surface area contributed by atoms with E-state index in [1.54, 1.807) is 32.9 Å². The molecule has 0 aliphatic carbocycles. The maximum absolute atomic E-state index is 14.2. The van der Waals surface area contributed by atoms with Gasteiger partial charge in [-0.05, 0) is 71.6 Å². The average molecular weight is 587 g/mol. The van der Waals surface area contributed by atoms with E-state index in [2.05, 4.69) is 10.6 Å². The third-order valence-electron chi connectivity index (χ3n) is 6.29. The first-order chi connectivity index (χ1) is 19.1. The van der Waals surface area contributed by atoms with Gasteiger partial charge in [-0.1, -0.05) is 66.4 Å². The summed E-state index contributed by atoms with van der Waals surface area (Å²) >= 11 is 6.43. The first-order valence-electron chi connectivity index (χ1n) is 13.9. The zero-order valence-electron chi connectivity index (χ0n) is 25.1. The van der Waals surface area contributed by atoms with E-state index in [4.69, 9.17) is 22.1 Å². The normalized spacial score (nSPS) is 12.7. The summed E-state index contributed by atoms with van der Waals surface area (Å²) in [5.74, 6) is -1.60. The minimum absolute atomic E-state index is 0.0547. The molecule has 2 rings (SSSR count). The minimum Gasteiger partial charge on any atom is -0.444 e. The van der Waals surface area contributed by atoms with Crippen molar-refractivity contribution in [3.63, 3.8) is 0 Å². The average Bonchev–Trinajstić information content (AvgIpc) is 2.84. The summed E-state index contributed by atoms with van der Waals surface area (Å²) in [5.41, 5.74) is 8.26. The smallest absolute Gasteiger partial charge is 0.408 e. The van der Waals surface area contributed by atoms with E-state index < -0.39 is 41.5 Å². The summed E-state index contributed by atoms with van der Waals surface area (Å²) in [6.07, 6.45) is 0.337. The quantitative estimate of drug-likeness (QED) is 0.292. The molecule has 0 aliphatic heterocycles. The maximum atomic E-state index is 14.2. The number of benzene rings is 2. The van der Waals surface area contributed by atoms with Crippen LogP contribution in [0.4, 0.5) is 10.5 Å². The van der Waals surface area contributed by atoms with E-state index in [0.717, 1.165) is 23.1 Å². The molecule has 0 heterocycles. The predicted molar refractivity (Wildman–Crippen MR) is 162 cm³/mol. The van der Waals surface area contributed by atoms with Crippen molar-refractivity contribution in [1.29, 1.82) is 0 Å². The van der Waals surface area contributed by atoms with Crippen LogP contribution >= 0.6 is 11.6 Å². The summed E-state index contributed by atoms with van der Waals surface area (Å²) in [6, 6.07) is 8.80. The van der Waals surface area contributed by atoms with Gasteiger partial charge in [0.25, 0.3) is 5.91 Å². The Kier molecular flexibility index (Phi) is 12.2. The molecule has 0 saturated heterocycles. The van der Waals surface area contributed by atoms with Gasteiger partial charge in [0.2, 0.25) is 11.8 Å². The largest absolute Gasteiger partial charge is 0.444 e. The number of hydrogen-bond donors (Lipinski definition) is 3. The number of unbranched alkanes of at least 4 members (excludes halogenated alkanes) is 1. The molecule has 0 aromatic heterocycles. The van der Waals surface area contributed by atoms with Crippen molar-refractivity contribution in [2.75, 3.05) is 11.9 Å². The van der Waals surface area contributed by atoms with Gasteiger partial charge in [-0.3, -0.25) is 14.4 Å². The van der Waals surface area contributed by atoms with Gasteiger partial charge in [-0.25, -0.2) is 4.79 Å². The molecule has 2 unspecified atom stereocenters. The molecule has 0 fully saturated rings. The highest BCUT2D eigenvalue weighted by Crippen LogP contribution is 2.30. The van der Waals surface area contributed by atoms with Crippen molar-refractivity contribution < 1.29 is 23.9 Å². The van der Waals surface area contributed by atoms with Crippen molar-refractivity contribution in [1.82, 2.24) is 10.2 Å². The van der Waals surface area contributed by atoms with Crippen LogP contribution < -0.4 is 16.4 Å². The standard InChI is InChI=1S/C31H43ClN4O5/c1-8-9-15-36(29(39)24(13-14-25(33)37)34-30(40)41-31(5,6)7)27(22-17-19(2)16-20(3)18-22)28(38)35-26-21(4)11-10-12-23(26)32/h10-12,16-18,24,27H,8-9,13-15H2,1-7H3,(H2,33,37)(H,34,40)(H,35,38). The SMILES string of the molecule is CCCCN(C(=O)C(CCC(N)=O)NC(=O)OC(C)(C)C)C(C(=O)Nc1c(C)cccc1Cl)c1cc(C)cc(C)c1. The third kappa shape index (κ3) is 10.4. The fourth-order valence-electron chi connectivity index (χ4n) is 4.51. The molecule has 224 valence electrons. The molecular formula is C31H43ClN4O5. The molecule has 0 bridgehead atoms. The Morgan fingerprint density at radius 3 is 2.22 bits per heavy atom. The van der Waals surface area contributed by atoms with Crippen LogP contribution in [0.5, 0.6) is 0 Å². The van der Waals surface area contributed by atoms with E-state index >= 15 is 0 Å². The van der Waals surface area contributed by atoms with E-state index in [1.165, 1.54) is 4.90 Å². The molecule has 2 atom stereocenters. The van der Waals surface area contributed by atoms with Gasteiger partial charge in [0.05, 0.1) is 10.7 Å². The van der Waals surface area contributed by atoms with Gasteiger partial charge in [-0.15, -0.1) is 0 Å². The van der Waals surface area contributed by atoms with Crippen molar-refractivity contribution >= 4 is 41.1 Å². The van der Waals surface area contributed by atoms with Crippen molar-refractivity contribution in [2.45, 2.75) is 91.8 Å². The lowest BCUT2D eigenvalue weighted by Gasteiger charge is -2.35. The lowest BCUT2D eigenvalue weighted by Crippen LogP contribution is -2.53. The Labute approximate surface area is 248 Å². The number of halogens is 1. The zero-order chi connectivity index (χ0) is 30.9. The van der Waals surface area contributed by atoms with Crippen molar-refractivity contribution in [2.24, 2.45) is 5.73 Å². The highest BCUT2D eigenvalue weighted by molar-refractivity contribution is 6.34. The fourth-order valence-corrected chi connectivity index (χ4v) is 4.78. The molecule has 4 amide bonds. The highest BCUT2D eigenvalue weighted by Gasteiger charge is 2.36. The lowest BCUT2D eigenvalue weighted by molar-refractivity contribution is -0.141. The van der Waals surface area contributed by atoms with Crippen LogP contribution in [-0.2, 0) is 19.1 Å². The Bertz CT molecular complexity index is 1220. The van der Waals surface area contributed by atoms with Crippen LogP contribution in [0.15, 0.2) is 36.4 Å². The van der Waals surface area contributed by atoms with Crippen molar-refractivity contribution in [3.05, 3.63) is 63.7 Å². The number of carbonyl (C=O) groups excluding carboxylic acids is 4. The number of anilines is 1. The molecule has 0 aliphatic rings. The third-order valence-corrected chi connectivity index (χ3v) is 6.61. The lowest BCUT2D eigenvalue weighted by atomic mass is 9.97. The molecule has 10 heteroatoms. The van der Waals surface area contributed by atoms with E-state index in [0.29, 0.717) is 22.7 Å². The number of primary amides is 1. The number of amides is 4. The second kappa shape index (κ2) is 14.9. The zero-order valence-corrected chi connectivity index (χ0v) is 25.9. The molecule has 0 radical (unpaired) electrons. The number of nitrogens with two attached hydrogens (primary N) is 1. The second-order valence-electron chi connectivity index (χ2n) is 11.3. The summed E-state index contributed by atoms with van der Waals surface area (Å²) in [6.45, 7) is 13.0. The predicted octanol–water partition coefficient (Wildman–Crippen LogP) is 5.73. The van der Waals surface area contributed by atoms with Crippen LogP contribution in [0, 0.1) is 20.8 Å². The highest BCUT2D eigenvalue weighted by atomic mass is 35.5. The van der Waals surface area contributed by atoms with Gasteiger partial charge >= 0.3 is 6.09 Å². The first kappa shape index (κ1) is 33.6. The van der Waals surface area contributed by atoms with Crippen LogP contribution in [0.3, 0.4) is 0 Å². The number of para-hydroxylation sites is 1. The summed E-state index contributed by atoms with van der Waals surface area (Å²) < 4.78 is 5.38. The Balaban J connectivity index is 2.62. The number of rotatable bonds is 12. The summed E-state index contributed by atoms with van der Waals surface area (Å²) in [5, 5.41) is 5.92. The molecule has 4 N–H and O–H groups in total. The fraction of sp³-hybridized carbons (Fsp3) is 0.484. The topological polar surface area (TPSA) is 131 Å². The summed E-state index contributed by atoms with van der Waals surface area (Å²) in [7, 11) is 0. The molecule has 0 saturated carbocycles. The first-order valence-corrected chi connectivity index (χ1v) is 14.2. The maximum Gasteiger partial charge on any atom is 0.408 e. The molecular weight excluding hydrogens is 544 g/mol. The van der Waals surface area contributed by atoms with Gasteiger partial charge in [0, 0.05) is 13.0 Å². The number of carbonyl (C=O) groups is 4. The van der Waals surface area contributed by atoms with E-state index in [9.17, 15) is 19.2 Å². The number of aryl methyl sites for hydroxylation is 3. The monoisotopic (exact) mass is 586 g/mol. The van der Waals surface area contributed by atoms with Crippen molar-refractivity contribution in [3.8, 4) is 0 Å². The number of ether oxygens (including phenoxy) is 1. The van der Waals surface area contributed by atoms with Crippen LogP contribution in [0.2, 0.25) is 5.02 Å². The van der Waals surface area contributed by atoms with Crippen LogP contribution in [0.25, 0.3) is 0 Å². The second-order valence-corrected chi connectivity index (χ2v) is 11.7. The van der Waals surface area contributed by atoms with Gasteiger partial charge < -0.3 is 26.0 Å². The van der Waals surface area contributed by atoms with Gasteiger partial charge in [0.1, 0.15) is 17.7 Å². The van der Waals surface area contributed by atoms with Gasteiger partial charge in [-0.2, -0.15) is 0 Å². The molecule has 2 aromatic carbocycles. The van der Waals surface area contributed by atoms with E-state index in [1.807, 2.05) is 52.0 Å². The van der Waals surface area contributed by atoms with E-state index in [-0.39, 0.29) is 19.4 Å². The molecule has 0 spiro atoms. The van der Waals surface area contributed by atoms with Gasteiger partial charge in [0.15, 0.2) is 0 Å². The summed E-state index contributed by atoms with van der Waals surface area (Å²) in [4.78, 5) is 54.2. The number of alkyl carbamates (subject to hydrolysis) is 1. The molecule has 9 nitrogen and oxygen atoms in total. The van der Waals surface area contributed by atoms with Crippen LogP contribution in [0.1, 0.15) is 81.7 Å². The number of nitrogens with zero attached hydrogens (tertiary/aromatic N) is 1. The Morgan fingerprint density at radius 2 is 1.68 bits per heavy atom. The Hall–Kier alpha value is -3.59.